The molecule has 662 valence electrons. The maximum atomic E-state index is 2.44. The topological polar surface area (TPSA) is 0 Å². The van der Waals surface area contributed by atoms with Crippen LogP contribution in [-0.4, -0.2) is 0 Å². The summed E-state index contributed by atoms with van der Waals surface area (Å²) in [6.07, 6.45) is 4.70. The second-order valence-electron chi connectivity index (χ2n) is 38.9. The third-order valence-corrected chi connectivity index (χ3v) is 31.7. The molecule has 0 fully saturated rings. The van der Waals surface area contributed by atoms with Crippen molar-refractivity contribution in [2.75, 3.05) is 0 Å². The van der Waals surface area contributed by atoms with Crippen LogP contribution in [0.3, 0.4) is 0 Å². The molecule has 0 N–H and O–H groups in total. The van der Waals surface area contributed by atoms with E-state index in [-0.39, 0.29) is 0 Å². The third-order valence-electron chi connectivity index (χ3n) is 31.7. The Bertz CT molecular complexity index is 9170. The van der Waals surface area contributed by atoms with Crippen molar-refractivity contribution in [3.8, 4) is 200 Å². The first-order chi connectivity index (χ1) is 71.6. The van der Waals surface area contributed by atoms with Crippen molar-refractivity contribution in [3.05, 3.63) is 521 Å². The zero-order valence-electron chi connectivity index (χ0n) is 78.7. The highest BCUT2D eigenvalue weighted by Gasteiger charge is 2.38. The molecule has 0 atom stereocenters. The van der Waals surface area contributed by atoms with Crippen LogP contribution in [0.1, 0.15) is 11.1 Å². The maximum Gasteiger partial charge on any atom is -0.000741 e. The smallest absolute Gasteiger partial charge is 0.000741 e. The predicted molar refractivity (Wildman–Crippen MR) is 615 cm³/mol. The van der Waals surface area contributed by atoms with Crippen LogP contribution in [0.4, 0.5) is 0 Å². The Kier molecular flexibility index (Phi) is 18.3. The number of hydrogen-bond donors (Lipinski definition) is 0. The van der Waals surface area contributed by atoms with Gasteiger partial charge in [-0.15, -0.1) is 0 Å². The monoisotopic (exact) mass is 1810 g/mol. The fourth-order valence-electron chi connectivity index (χ4n) is 26.1. The first-order valence-corrected chi connectivity index (χ1v) is 50.3. The first-order valence-electron chi connectivity index (χ1n) is 50.3. The summed E-state index contributed by atoms with van der Waals surface area (Å²) < 4.78 is 0. The van der Waals surface area contributed by atoms with Crippen LogP contribution < -0.4 is 0 Å². The summed E-state index contributed by atoms with van der Waals surface area (Å²) in [6.45, 7) is 0. The van der Waals surface area contributed by atoms with Crippen molar-refractivity contribution < 1.29 is 0 Å². The molecule has 0 aliphatic heterocycles. The van der Waals surface area contributed by atoms with Gasteiger partial charge in [-0.2, -0.15) is 0 Å². The van der Waals surface area contributed by atoms with Gasteiger partial charge in [-0.25, -0.2) is 0 Å². The fourth-order valence-corrected chi connectivity index (χ4v) is 26.1. The maximum absolute atomic E-state index is 2.44. The van der Waals surface area contributed by atoms with E-state index in [2.05, 4.69) is 522 Å². The minimum Gasteiger partial charge on any atom is -0.0622 e. The van der Waals surface area contributed by atoms with Crippen molar-refractivity contribution in [3.63, 3.8) is 0 Å². The summed E-state index contributed by atoms with van der Waals surface area (Å²) in [5.41, 5.74) is 48.6. The van der Waals surface area contributed by atoms with Crippen LogP contribution in [0.5, 0.6) is 0 Å². The van der Waals surface area contributed by atoms with E-state index >= 15 is 0 Å². The van der Waals surface area contributed by atoms with Crippen LogP contribution in [0.2, 0.25) is 0 Å². The fraction of sp³-hybridized carbons (Fsp3) is 0. The molecule has 0 radical (unpaired) electrons. The van der Waals surface area contributed by atoms with Crippen molar-refractivity contribution in [2.24, 2.45) is 0 Å². The van der Waals surface area contributed by atoms with Gasteiger partial charge in [0.15, 0.2) is 0 Å². The molecule has 31 rings (SSSR count). The van der Waals surface area contributed by atoms with Gasteiger partial charge in [0.1, 0.15) is 0 Å². The standard InChI is InChI=1S/C78H46.C66H40/c1-5-23-47(24-6-1)67-51-31-13-15-33-53(51)69(49-27-9-3-10-28-49)77-65-45-43-61(59-39-21-41-63(73(59)65)75(67)77)71-55-35-17-19-37-57(55)72(58-38-20-18-36-56(58)71)62-44-46-66-74-60(62)40-22-42-64(74)76-68(48-25-7-2-8-26-48)52-32-14-16-34-54(52)70(78(66)76)50-29-11-4-12-30-50;1-5-19-43(20-6-1)57-49-27-13-15-29-51(49)59(45-23-9-3-10-24-45)65-55-39-37-41(47-31-17-33-53(61(47)55)63(57)65)35-36-42-38-40-56-62-48(42)32-18-34-54(62)64-58(44-21-7-2-8-22-44)50-28-14-16-30-52(50)60(66(56)64)46-25-11-4-12-26-46/h1-46H;1-40H/b;36-35+. The van der Waals surface area contributed by atoms with Gasteiger partial charge in [-0.05, 0) is 319 Å². The lowest BCUT2D eigenvalue weighted by molar-refractivity contribution is 1.62. The zero-order valence-corrected chi connectivity index (χ0v) is 78.7. The molecule has 0 unspecified atom stereocenters. The lowest BCUT2D eigenvalue weighted by Gasteiger charge is -2.21. The van der Waals surface area contributed by atoms with Gasteiger partial charge < -0.3 is 0 Å². The quantitative estimate of drug-likeness (QED) is 0.0845. The van der Waals surface area contributed by atoms with Crippen LogP contribution >= 0.6 is 0 Å². The second kappa shape index (κ2) is 32.4. The molecule has 0 amide bonds. The molecular formula is C144H86. The van der Waals surface area contributed by atoms with Crippen LogP contribution in [0, 0.1) is 0 Å². The summed E-state index contributed by atoms with van der Waals surface area (Å²) in [5, 5.41) is 25.5. The zero-order chi connectivity index (χ0) is 94.3. The van der Waals surface area contributed by atoms with E-state index in [1.54, 1.807) is 0 Å². The van der Waals surface area contributed by atoms with E-state index in [0.29, 0.717) is 0 Å². The Labute approximate surface area is 834 Å². The van der Waals surface area contributed by atoms with Gasteiger partial charge in [0, 0.05) is 0 Å². The Morgan fingerprint density at radius 3 is 0.417 bits per heavy atom. The molecule has 0 nitrogen and oxygen atoms in total. The highest BCUT2D eigenvalue weighted by atomic mass is 14.4. The van der Waals surface area contributed by atoms with Crippen LogP contribution in [-0.2, 0) is 0 Å². The highest BCUT2D eigenvalue weighted by molar-refractivity contribution is 6.37. The number of rotatable bonds is 12. The molecule has 0 heteroatoms. The van der Waals surface area contributed by atoms with E-state index in [0.717, 1.165) is 0 Å². The summed E-state index contributed by atoms with van der Waals surface area (Å²) in [5.74, 6) is 0. The normalized spacial score (nSPS) is 12.1. The average molecular weight is 1820 g/mol. The van der Waals surface area contributed by atoms with E-state index in [9.17, 15) is 0 Å². The molecule has 0 bridgehead atoms. The van der Waals surface area contributed by atoms with E-state index in [1.807, 2.05) is 0 Å². The number of hydrogen-bond acceptors (Lipinski definition) is 0. The Balaban J connectivity index is 0.000000136. The van der Waals surface area contributed by atoms with E-state index in [1.165, 1.54) is 319 Å². The molecule has 0 spiro atoms. The first kappa shape index (κ1) is 81.3. The van der Waals surface area contributed by atoms with Crippen LogP contribution in [0.15, 0.2) is 510 Å². The summed E-state index contributed by atoms with van der Waals surface area (Å²) in [4.78, 5) is 0. The molecule has 4 aliphatic carbocycles. The second-order valence-corrected chi connectivity index (χ2v) is 38.9. The molecule has 0 saturated heterocycles. The average Bonchev–Trinajstić information content (AvgIpc) is 1.51. The molecule has 27 aromatic rings. The SMILES string of the molecule is C(=C\c1ccc2c3c(cccc13)-c1c-2c(-c2ccccc2)c2ccccc2c1-c1ccccc1)/c1ccc2c3c(cccc13)-c1c-2c(-c2ccccc2)c2ccccc2c1-c1ccccc1.c1ccc(-c2c3c(c(-c4ccccc4)c4ccccc24)-c2ccc(-c4c5ccccc5c(-c5ccc6c7c(cccc57)-c5c-6c(-c6ccccc6)c6ccccc6c5-c5ccccc5)c5ccccc45)c4cccc-3c24)cc1. The largest absolute Gasteiger partial charge is 0.0622 e. The van der Waals surface area contributed by atoms with E-state index in [4.69, 9.17) is 0 Å². The molecule has 0 saturated carbocycles. The van der Waals surface area contributed by atoms with Gasteiger partial charge in [-0.3, -0.25) is 0 Å². The van der Waals surface area contributed by atoms with Crippen molar-refractivity contribution in [2.45, 2.75) is 0 Å². The molecule has 144 heavy (non-hydrogen) atoms. The highest BCUT2D eigenvalue weighted by Crippen LogP contribution is 2.66. The van der Waals surface area contributed by atoms with Gasteiger partial charge >= 0.3 is 0 Å². The molecule has 4 aliphatic rings. The number of benzene rings is 27. The molecular weight excluding hydrogens is 1730 g/mol. The minimum atomic E-state index is 1.21. The molecule has 27 aromatic carbocycles. The molecule has 0 aromatic heterocycles. The van der Waals surface area contributed by atoms with Crippen molar-refractivity contribution in [1.29, 1.82) is 0 Å². The summed E-state index contributed by atoms with van der Waals surface area (Å²) in [7, 11) is 0. The Hall–Kier alpha value is -18.7. The predicted octanol–water partition coefficient (Wildman–Crippen LogP) is 40.3. The third kappa shape index (κ3) is 12.0. The summed E-state index contributed by atoms with van der Waals surface area (Å²) in [6, 6.07) is 190. The van der Waals surface area contributed by atoms with Gasteiger partial charge in [0.2, 0.25) is 0 Å². The lowest BCUT2D eigenvalue weighted by atomic mass is 9.82. The van der Waals surface area contributed by atoms with Crippen molar-refractivity contribution in [1.82, 2.24) is 0 Å². The Morgan fingerprint density at radius 1 is 0.0833 bits per heavy atom. The molecule has 0 heterocycles. The summed E-state index contributed by atoms with van der Waals surface area (Å²) >= 11 is 0. The van der Waals surface area contributed by atoms with E-state index < -0.39 is 0 Å². The van der Waals surface area contributed by atoms with Gasteiger partial charge in [0.05, 0.1) is 0 Å². The van der Waals surface area contributed by atoms with Crippen LogP contribution in [0.25, 0.3) is 320 Å². The van der Waals surface area contributed by atoms with Gasteiger partial charge in [-0.1, -0.05) is 522 Å². The van der Waals surface area contributed by atoms with Gasteiger partial charge in [0.25, 0.3) is 0 Å². The number of fused-ring (bicyclic) bond motifs is 18. The lowest BCUT2D eigenvalue weighted by Crippen LogP contribution is -1.93. The minimum absolute atomic E-state index is 1.21. The van der Waals surface area contributed by atoms with Crippen molar-refractivity contribution >= 4 is 120 Å². The Morgan fingerprint density at radius 2 is 0.222 bits per heavy atom.